The van der Waals surface area contributed by atoms with E-state index in [9.17, 15) is 0 Å². The van der Waals surface area contributed by atoms with Crippen LogP contribution >= 0.6 is 0 Å². The zero-order valence-electron chi connectivity index (χ0n) is 10.5. The first kappa shape index (κ1) is 12.6. The number of aryl methyl sites for hydroxylation is 1. The molecule has 0 aliphatic carbocycles. The highest BCUT2D eigenvalue weighted by Gasteiger charge is 2.16. The number of hydrogen-bond acceptors (Lipinski definition) is 4. The lowest BCUT2D eigenvalue weighted by Crippen LogP contribution is -2.29. The number of nitrogens with two attached hydrogens (primary N) is 2. The molecule has 0 saturated heterocycles. The van der Waals surface area contributed by atoms with E-state index in [-0.39, 0.29) is 6.04 Å². The number of anilines is 1. The predicted octanol–water partition coefficient (Wildman–Crippen LogP) is 1.43. The van der Waals surface area contributed by atoms with E-state index in [1.807, 2.05) is 41.3 Å². The van der Waals surface area contributed by atoms with Gasteiger partial charge >= 0.3 is 0 Å². The van der Waals surface area contributed by atoms with Gasteiger partial charge in [-0.15, -0.1) is 0 Å². The predicted molar refractivity (Wildman–Crippen MR) is 72.5 cm³/mol. The lowest BCUT2D eigenvalue weighted by atomic mass is 10.0. The van der Waals surface area contributed by atoms with Crippen LogP contribution in [0.25, 0.3) is 0 Å². The molecule has 1 atom stereocenters. The van der Waals surface area contributed by atoms with Crippen molar-refractivity contribution in [2.45, 2.75) is 25.9 Å². The molecule has 5 nitrogen and oxygen atoms in total. The minimum atomic E-state index is -0.128. The van der Waals surface area contributed by atoms with Gasteiger partial charge in [-0.2, -0.15) is 5.10 Å². The molecule has 0 radical (unpaired) electrons. The third-order valence-electron chi connectivity index (χ3n) is 2.91. The van der Waals surface area contributed by atoms with E-state index in [4.69, 9.17) is 11.6 Å². The monoisotopic (exact) mass is 245 g/mol. The van der Waals surface area contributed by atoms with E-state index < -0.39 is 0 Å². The number of nitrogens with zero attached hydrogens (tertiary/aromatic N) is 2. The highest BCUT2D eigenvalue weighted by Crippen LogP contribution is 2.25. The lowest BCUT2D eigenvalue weighted by molar-refractivity contribution is 0.598. The maximum Gasteiger partial charge on any atom is 0.0760 e. The van der Waals surface area contributed by atoms with Gasteiger partial charge in [-0.05, 0) is 18.1 Å². The summed E-state index contributed by atoms with van der Waals surface area (Å²) in [5, 5.41) is 4.31. The first-order valence-corrected chi connectivity index (χ1v) is 6.09. The van der Waals surface area contributed by atoms with Gasteiger partial charge in [0.15, 0.2) is 0 Å². The highest BCUT2D eigenvalue weighted by molar-refractivity contribution is 5.50. The molecule has 5 N–H and O–H groups in total. The molecule has 0 aliphatic rings. The molecule has 0 spiro atoms. The van der Waals surface area contributed by atoms with E-state index in [0.717, 1.165) is 29.8 Å². The average Bonchev–Trinajstić information content (AvgIpc) is 2.82. The molecule has 1 aromatic heterocycles. The summed E-state index contributed by atoms with van der Waals surface area (Å²) in [4.78, 5) is 0. The van der Waals surface area contributed by atoms with E-state index >= 15 is 0 Å². The van der Waals surface area contributed by atoms with Gasteiger partial charge in [0.1, 0.15) is 0 Å². The molecule has 0 fully saturated rings. The number of rotatable bonds is 5. The number of benzene rings is 1. The Labute approximate surface area is 107 Å². The van der Waals surface area contributed by atoms with Crippen molar-refractivity contribution in [1.82, 2.24) is 15.2 Å². The Hall–Kier alpha value is -1.85. The SMILES string of the molecule is CCCn1cc(C(NN)c2ccccc2N)cn1. The van der Waals surface area contributed by atoms with E-state index in [2.05, 4.69) is 17.4 Å². The zero-order chi connectivity index (χ0) is 13.0. The third-order valence-corrected chi connectivity index (χ3v) is 2.91. The van der Waals surface area contributed by atoms with Crippen LogP contribution in [0, 0.1) is 0 Å². The second kappa shape index (κ2) is 5.66. The fourth-order valence-electron chi connectivity index (χ4n) is 2.02. The van der Waals surface area contributed by atoms with Crippen LogP contribution in [-0.4, -0.2) is 9.78 Å². The largest absolute Gasteiger partial charge is 0.398 e. The number of hydrogen-bond donors (Lipinski definition) is 3. The van der Waals surface area contributed by atoms with E-state index in [0.29, 0.717) is 0 Å². The normalized spacial score (nSPS) is 12.6. The molecule has 0 amide bonds. The van der Waals surface area contributed by atoms with Crippen molar-refractivity contribution in [1.29, 1.82) is 0 Å². The van der Waals surface area contributed by atoms with Crippen LogP contribution in [-0.2, 0) is 6.54 Å². The fraction of sp³-hybridized carbons (Fsp3) is 0.308. The zero-order valence-corrected chi connectivity index (χ0v) is 10.5. The minimum absolute atomic E-state index is 0.128. The van der Waals surface area contributed by atoms with Gasteiger partial charge in [-0.3, -0.25) is 10.5 Å². The fourth-order valence-corrected chi connectivity index (χ4v) is 2.02. The quantitative estimate of drug-likeness (QED) is 0.423. The summed E-state index contributed by atoms with van der Waals surface area (Å²) in [6.45, 7) is 3.02. The average molecular weight is 245 g/mol. The molecule has 96 valence electrons. The molecule has 2 aromatic rings. The molecule has 0 aliphatic heterocycles. The Kier molecular flexibility index (Phi) is 3.96. The molecule has 0 saturated carbocycles. The van der Waals surface area contributed by atoms with Crippen LogP contribution in [0.5, 0.6) is 0 Å². The van der Waals surface area contributed by atoms with E-state index in [1.54, 1.807) is 0 Å². The Morgan fingerprint density at radius 3 is 2.83 bits per heavy atom. The van der Waals surface area contributed by atoms with E-state index in [1.165, 1.54) is 0 Å². The maximum atomic E-state index is 5.98. The van der Waals surface area contributed by atoms with Crippen molar-refractivity contribution in [2.75, 3.05) is 5.73 Å². The summed E-state index contributed by atoms with van der Waals surface area (Å²) in [5.41, 5.74) is 11.5. The van der Waals surface area contributed by atoms with Crippen molar-refractivity contribution < 1.29 is 0 Å². The summed E-state index contributed by atoms with van der Waals surface area (Å²) >= 11 is 0. The van der Waals surface area contributed by atoms with Crippen LogP contribution in [0.4, 0.5) is 5.69 Å². The molecule has 1 heterocycles. The van der Waals surface area contributed by atoms with Gasteiger partial charge in [0.2, 0.25) is 0 Å². The van der Waals surface area contributed by atoms with Gasteiger partial charge in [0.05, 0.1) is 12.2 Å². The molecule has 1 aromatic carbocycles. The number of nitrogens with one attached hydrogen (secondary N) is 1. The van der Waals surface area contributed by atoms with Crippen LogP contribution in [0.1, 0.15) is 30.5 Å². The first-order valence-electron chi connectivity index (χ1n) is 6.09. The Bertz CT molecular complexity index is 506. The standard InChI is InChI=1S/C13H19N5/c1-2-7-18-9-10(8-16-18)13(17-15)11-5-3-4-6-12(11)14/h3-6,8-9,13,17H,2,7,14-15H2,1H3. The van der Waals surface area contributed by atoms with Crippen LogP contribution in [0.3, 0.4) is 0 Å². The molecule has 0 bridgehead atoms. The lowest BCUT2D eigenvalue weighted by Gasteiger charge is -2.16. The second-order valence-corrected chi connectivity index (χ2v) is 4.27. The van der Waals surface area contributed by atoms with Crippen molar-refractivity contribution in [3.05, 3.63) is 47.8 Å². The Balaban J connectivity index is 2.30. The molecular formula is C13H19N5. The van der Waals surface area contributed by atoms with Gasteiger partial charge in [0, 0.05) is 24.0 Å². The molecule has 18 heavy (non-hydrogen) atoms. The van der Waals surface area contributed by atoms with Crippen LogP contribution in [0.15, 0.2) is 36.7 Å². The molecular weight excluding hydrogens is 226 g/mol. The number of hydrazine groups is 1. The molecule has 1 unspecified atom stereocenters. The van der Waals surface area contributed by atoms with Gasteiger partial charge in [-0.25, -0.2) is 5.43 Å². The summed E-state index contributed by atoms with van der Waals surface area (Å²) in [7, 11) is 0. The Morgan fingerprint density at radius 2 is 2.17 bits per heavy atom. The Morgan fingerprint density at radius 1 is 1.39 bits per heavy atom. The topological polar surface area (TPSA) is 81.9 Å². The summed E-state index contributed by atoms with van der Waals surface area (Å²) in [6.07, 6.45) is 4.88. The molecule has 2 rings (SSSR count). The summed E-state index contributed by atoms with van der Waals surface area (Å²) in [6, 6.07) is 7.57. The third kappa shape index (κ3) is 2.52. The van der Waals surface area contributed by atoms with Crippen LogP contribution < -0.4 is 17.0 Å². The minimum Gasteiger partial charge on any atom is -0.398 e. The summed E-state index contributed by atoms with van der Waals surface area (Å²) in [5.74, 6) is 5.65. The number of nitrogen functional groups attached to an aromatic ring is 1. The molecule has 5 heteroatoms. The number of aromatic nitrogens is 2. The maximum absolute atomic E-state index is 5.98. The van der Waals surface area contributed by atoms with Gasteiger partial charge in [-0.1, -0.05) is 25.1 Å². The van der Waals surface area contributed by atoms with Crippen molar-refractivity contribution in [3.63, 3.8) is 0 Å². The smallest absolute Gasteiger partial charge is 0.0760 e. The van der Waals surface area contributed by atoms with Gasteiger partial charge in [0.25, 0.3) is 0 Å². The first-order chi connectivity index (χ1) is 8.76. The van der Waals surface area contributed by atoms with Crippen molar-refractivity contribution in [3.8, 4) is 0 Å². The van der Waals surface area contributed by atoms with Crippen LogP contribution in [0.2, 0.25) is 0 Å². The van der Waals surface area contributed by atoms with Gasteiger partial charge < -0.3 is 5.73 Å². The number of para-hydroxylation sites is 1. The second-order valence-electron chi connectivity index (χ2n) is 4.27. The highest BCUT2D eigenvalue weighted by atomic mass is 15.3. The summed E-state index contributed by atoms with van der Waals surface area (Å²) < 4.78 is 1.92. The van der Waals surface area contributed by atoms with Crippen molar-refractivity contribution in [2.24, 2.45) is 5.84 Å². The van der Waals surface area contributed by atoms with Crippen molar-refractivity contribution >= 4 is 5.69 Å².